The van der Waals surface area contributed by atoms with Crippen LogP contribution in [0.5, 0.6) is 0 Å². The standard InChI is InChI=1S/C33H54ClN5O3/c1-6-16-36(17-7-2)25-32(41)38(8-3)29-14-20-35(21-15-29)18-9-19-39(30-11-10-26(4)31(34)24-30)33(42)28-12-22-37(23-13-28)27(5)40/h10-11,24,28-29H,6-9,12-23,25H2,1-5H3. The maximum absolute atomic E-state index is 13.8. The molecule has 3 rings (SSSR count). The van der Waals surface area contributed by atoms with E-state index in [9.17, 15) is 14.4 Å². The van der Waals surface area contributed by atoms with E-state index in [-0.39, 0.29) is 23.6 Å². The first-order valence-corrected chi connectivity index (χ1v) is 16.6. The molecule has 0 unspecified atom stereocenters. The van der Waals surface area contributed by atoms with E-state index in [1.165, 1.54) is 0 Å². The fourth-order valence-corrected chi connectivity index (χ4v) is 6.68. The second-order valence-electron chi connectivity index (χ2n) is 12.1. The number of likely N-dealkylation sites (tertiary alicyclic amines) is 2. The summed E-state index contributed by atoms with van der Waals surface area (Å²) in [7, 11) is 0. The van der Waals surface area contributed by atoms with Crippen LogP contribution in [0.1, 0.15) is 78.2 Å². The van der Waals surface area contributed by atoms with Crippen LogP contribution in [0, 0.1) is 12.8 Å². The third-order valence-electron chi connectivity index (χ3n) is 8.98. The minimum Gasteiger partial charge on any atom is -0.343 e. The van der Waals surface area contributed by atoms with Gasteiger partial charge in [-0.05, 0) is 96.1 Å². The molecule has 2 aliphatic heterocycles. The third-order valence-corrected chi connectivity index (χ3v) is 9.38. The number of aryl methyl sites for hydroxylation is 1. The molecule has 0 aliphatic carbocycles. The summed E-state index contributed by atoms with van der Waals surface area (Å²) < 4.78 is 0. The van der Waals surface area contributed by atoms with Crippen LogP contribution in [0.3, 0.4) is 0 Å². The van der Waals surface area contributed by atoms with E-state index in [0.717, 1.165) is 82.6 Å². The van der Waals surface area contributed by atoms with E-state index in [2.05, 4.69) is 35.5 Å². The lowest BCUT2D eigenvalue weighted by Crippen LogP contribution is -2.50. The van der Waals surface area contributed by atoms with Gasteiger partial charge in [-0.25, -0.2) is 0 Å². The van der Waals surface area contributed by atoms with E-state index in [4.69, 9.17) is 11.6 Å². The van der Waals surface area contributed by atoms with Crippen LogP contribution < -0.4 is 4.90 Å². The largest absolute Gasteiger partial charge is 0.343 e. The van der Waals surface area contributed by atoms with Gasteiger partial charge < -0.3 is 19.6 Å². The molecular formula is C33H54ClN5O3. The monoisotopic (exact) mass is 603 g/mol. The number of carbonyl (C=O) groups excluding carboxylic acids is 3. The molecule has 3 amide bonds. The lowest BCUT2D eigenvalue weighted by atomic mass is 9.94. The number of anilines is 1. The fraction of sp³-hybridized carbons (Fsp3) is 0.727. The number of nitrogens with zero attached hydrogens (tertiary/aromatic N) is 5. The van der Waals surface area contributed by atoms with Crippen LogP contribution in [0.15, 0.2) is 18.2 Å². The highest BCUT2D eigenvalue weighted by molar-refractivity contribution is 6.31. The Balaban J connectivity index is 1.55. The summed E-state index contributed by atoms with van der Waals surface area (Å²) in [5.41, 5.74) is 1.84. The first-order valence-electron chi connectivity index (χ1n) is 16.3. The highest BCUT2D eigenvalue weighted by atomic mass is 35.5. The normalized spacial score (nSPS) is 17.1. The number of likely N-dealkylation sites (N-methyl/N-ethyl adjacent to an activating group) is 1. The predicted molar refractivity (Wildman–Crippen MR) is 172 cm³/mol. The SMILES string of the molecule is CCCN(CCC)CC(=O)N(CC)C1CCN(CCCN(C(=O)C2CCN(C(C)=O)CC2)c2ccc(C)c(Cl)c2)CC1. The van der Waals surface area contributed by atoms with Gasteiger partial charge >= 0.3 is 0 Å². The molecular weight excluding hydrogens is 550 g/mol. The van der Waals surface area contributed by atoms with Gasteiger partial charge in [0.1, 0.15) is 0 Å². The Morgan fingerprint density at radius 3 is 2.12 bits per heavy atom. The lowest BCUT2D eigenvalue weighted by molar-refractivity contribution is -0.135. The van der Waals surface area contributed by atoms with Crippen molar-refractivity contribution in [1.82, 2.24) is 19.6 Å². The second-order valence-corrected chi connectivity index (χ2v) is 12.5. The molecule has 1 aromatic rings. The summed E-state index contributed by atoms with van der Waals surface area (Å²) in [4.78, 5) is 49.4. The van der Waals surface area contributed by atoms with Crippen molar-refractivity contribution in [2.24, 2.45) is 5.92 Å². The summed E-state index contributed by atoms with van der Waals surface area (Å²) in [5, 5.41) is 0.668. The predicted octanol–water partition coefficient (Wildman–Crippen LogP) is 5.06. The van der Waals surface area contributed by atoms with Gasteiger partial charge in [-0.15, -0.1) is 0 Å². The molecule has 0 saturated carbocycles. The molecule has 0 radical (unpaired) electrons. The molecule has 1 aromatic carbocycles. The van der Waals surface area contributed by atoms with Gasteiger partial charge in [-0.3, -0.25) is 19.3 Å². The number of benzene rings is 1. The lowest BCUT2D eigenvalue weighted by Gasteiger charge is -2.39. The van der Waals surface area contributed by atoms with E-state index >= 15 is 0 Å². The van der Waals surface area contributed by atoms with Crippen molar-refractivity contribution in [3.8, 4) is 0 Å². The van der Waals surface area contributed by atoms with Crippen molar-refractivity contribution in [3.05, 3.63) is 28.8 Å². The topological polar surface area (TPSA) is 67.4 Å². The molecule has 42 heavy (non-hydrogen) atoms. The van der Waals surface area contributed by atoms with Crippen LogP contribution >= 0.6 is 11.6 Å². The minimum absolute atomic E-state index is 0.0771. The van der Waals surface area contributed by atoms with Crippen LogP contribution in [-0.4, -0.2) is 109 Å². The van der Waals surface area contributed by atoms with Crippen LogP contribution in [0.4, 0.5) is 5.69 Å². The van der Waals surface area contributed by atoms with Gasteiger partial charge in [0.2, 0.25) is 17.7 Å². The number of hydrogen-bond acceptors (Lipinski definition) is 5. The summed E-state index contributed by atoms with van der Waals surface area (Å²) >= 11 is 6.47. The first kappa shape index (κ1) is 34.3. The molecule has 0 bridgehead atoms. The Bertz CT molecular complexity index is 1010. The Morgan fingerprint density at radius 1 is 0.929 bits per heavy atom. The number of halogens is 1. The molecule has 2 fully saturated rings. The van der Waals surface area contributed by atoms with Crippen molar-refractivity contribution in [1.29, 1.82) is 0 Å². The molecule has 2 saturated heterocycles. The Morgan fingerprint density at radius 2 is 1.57 bits per heavy atom. The summed E-state index contributed by atoms with van der Waals surface area (Å²) in [6.07, 6.45) is 6.38. The zero-order chi connectivity index (χ0) is 30.6. The van der Waals surface area contributed by atoms with Crippen LogP contribution in [0.2, 0.25) is 5.02 Å². The number of piperidine rings is 2. The molecule has 8 nitrogen and oxygen atoms in total. The maximum Gasteiger partial charge on any atom is 0.236 e. The fourth-order valence-electron chi connectivity index (χ4n) is 6.51. The average molecular weight is 604 g/mol. The van der Waals surface area contributed by atoms with Gasteiger partial charge in [0.25, 0.3) is 0 Å². The van der Waals surface area contributed by atoms with Crippen LogP contribution in [0.25, 0.3) is 0 Å². The third kappa shape index (κ3) is 9.68. The molecule has 2 heterocycles. The van der Waals surface area contributed by atoms with E-state index in [0.29, 0.717) is 50.1 Å². The number of rotatable bonds is 14. The van der Waals surface area contributed by atoms with E-state index in [1.807, 2.05) is 34.9 Å². The van der Waals surface area contributed by atoms with Gasteiger partial charge in [0, 0.05) is 68.9 Å². The van der Waals surface area contributed by atoms with E-state index in [1.54, 1.807) is 6.92 Å². The quantitative estimate of drug-likeness (QED) is 0.297. The first-order chi connectivity index (χ1) is 20.2. The van der Waals surface area contributed by atoms with Gasteiger partial charge in [-0.2, -0.15) is 0 Å². The molecule has 0 atom stereocenters. The summed E-state index contributed by atoms with van der Waals surface area (Å²) in [6, 6.07) is 6.18. The number of hydrogen-bond donors (Lipinski definition) is 0. The highest BCUT2D eigenvalue weighted by Crippen LogP contribution is 2.28. The van der Waals surface area contributed by atoms with Gasteiger partial charge in [0.15, 0.2) is 0 Å². The van der Waals surface area contributed by atoms with Gasteiger partial charge in [0.05, 0.1) is 6.54 Å². The second kappa shape index (κ2) is 17.2. The van der Waals surface area contributed by atoms with Crippen molar-refractivity contribution in [3.63, 3.8) is 0 Å². The zero-order valence-electron chi connectivity index (χ0n) is 26.7. The van der Waals surface area contributed by atoms with Crippen LogP contribution in [-0.2, 0) is 14.4 Å². The Labute approximate surface area is 259 Å². The van der Waals surface area contributed by atoms with E-state index < -0.39 is 0 Å². The minimum atomic E-state index is -0.0837. The molecule has 0 aromatic heterocycles. The molecule has 2 aliphatic rings. The van der Waals surface area contributed by atoms with Crippen molar-refractivity contribution in [2.75, 3.05) is 70.3 Å². The van der Waals surface area contributed by atoms with Crippen molar-refractivity contribution >= 4 is 35.0 Å². The number of carbonyl (C=O) groups is 3. The smallest absolute Gasteiger partial charge is 0.236 e. The van der Waals surface area contributed by atoms with Crippen molar-refractivity contribution in [2.45, 2.75) is 85.6 Å². The molecule has 9 heteroatoms. The van der Waals surface area contributed by atoms with Gasteiger partial charge in [-0.1, -0.05) is 31.5 Å². The molecule has 0 spiro atoms. The highest BCUT2D eigenvalue weighted by Gasteiger charge is 2.31. The Kier molecular flexibility index (Phi) is 14.1. The Hall–Kier alpha value is -2.16. The maximum atomic E-state index is 13.8. The average Bonchev–Trinajstić information content (AvgIpc) is 2.98. The molecule has 0 N–H and O–H groups in total. The number of amides is 3. The zero-order valence-corrected chi connectivity index (χ0v) is 27.5. The van der Waals surface area contributed by atoms with Crippen molar-refractivity contribution < 1.29 is 14.4 Å². The molecule has 236 valence electrons. The summed E-state index contributed by atoms with van der Waals surface area (Å²) in [5.74, 6) is 0.389. The summed E-state index contributed by atoms with van der Waals surface area (Å²) in [6.45, 7) is 18.0.